The van der Waals surface area contributed by atoms with Gasteiger partial charge in [0, 0.05) is 23.1 Å². The number of nitrogens with one attached hydrogen (secondary N) is 1. The summed E-state index contributed by atoms with van der Waals surface area (Å²) in [5, 5.41) is 3.83. The molecule has 3 N–H and O–H groups in total. The Kier molecular flexibility index (Phi) is 4.48. The molecule has 0 fully saturated rings. The smallest absolute Gasteiger partial charge is 0.248 e. The summed E-state index contributed by atoms with van der Waals surface area (Å²) in [7, 11) is 0. The van der Waals surface area contributed by atoms with Crippen molar-refractivity contribution >= 4 is 28.8 Å². The summed E-state index contributed by atoms with van der Waals surface area (Å²) in [4.78, 5) is 12.2. The van der Waals surface area contributed by atoms with Gasteiger partial charge in [-0.1, -0.05) is 11.6 Å². The second kappa shape index (κ2) is 6.72. The number of benzene rings is 1. The minimum Gasteiger partial charge on any atom is -0.437 e. The highest BCUT2D eigenvalue weighted by molar-refractivity contribution is 6.32. The number of nitrogens with two attached hydrogens (primary N) is 1. The second-order valence-corrected chi connectivity index (χ2v) is 5.65. The van der Waals surface area contributed by atoms with E-state index in [1.807, 2.05) is 38.1 Å². The average molecular weight is 342 g/mol. The zero-order valence-electron chi connectivity index (χ0n) is 13.2. The molecule has 0 saturated heterocycles. The Bertz CT molecular complexity index is 847. The molecule has 0 aliphatic heterocycles. The van der Waals surface area contributed by atoms with E-state index < -0.39 is 0 Å². The number of halogens is 1. The fraction of sp³-hybridized carbons (Fsp3) is 0.118. The first-order valence-corrected chi connectivity index (χ1v) is 7.64. The summed E-state index contributed by atoms with van der Waals surface area (Å²) >= 11 is 6.18. The highest BCUT2D eigenvalue weighted by Gasteiger charge is 2.12. The number of hydrogen-bond acceptors (Lipinski definition) is 6. The van der Waals surface area contributed by atoms with E-state index in [0.717, 1.165) is 21.8 Å². The molecule has 0 bridgehead atoms. The molecule has 0 atom stereocenters. The van der Waals surface area contributed by atoms with Crippen LogP contribution in [0.2, 0.25) is 5.02 Å². The molecule has 3 aromatic rings. The van der Waals surface area contributed by atoms with Crippen molar-refractivity contribution in [1.82, 2.24) is 15.0 Å². The van der Waals surface area contributed by atoms with Gasteiger partial charge in [0.1, 0.15) is 17.8 Å². The summed E-state index contributed by atoms with van der Waals surface area (Å²) in [5.74, 6) is 1.37. The van der Waals surface area contributed by atoms with Crippen molar-refractivity contribution in [2.24, 2.45) is 0 Å². The zero-order chi connectivity index (χ0) is 17.1. The number of ether oxygens (including phenoxy) is 1. The van der Waals surface area contributed by atoms with Crippen molar-refractivity contribution in [3.05, 3.63) is 59.1 Å². The number of pyridine rings is 1. The van der Waals surface area contributed by atoms with Crippen LogP contribution in [0.25, 0.3) is 0 Å². The van der Waals surface area contributed by atoms with Gasteiger partial charge in [-0.05, 0) is 49.2 Å². The molecule has 1 aromatic carbocycles. The lowest BCUT2D eigenvalue weighted by Gasteiger charge is -2.13. The van der Waals surface area contributed by atoms with Crippen molar-refractivity contribution < 1.29 is 4.74 Å². The van der Waals surface area contributed by atoms with Crippen molar-refractivity contribution in [3.8, 4) is 11.6 Å². The first-order chi connectivity index (χ1) is 11.5. The van der Waals surface area contributed by atoms with Crippen LogP contribution in [-0.2, 0) is 0 Å². The van der Waals surface area contributed by atoms with Gasteiger partial charge in [-0.25, -0.2) is 4.98 Å². The van der Waals surface area contributed by atoms with Crippen molar-refractivity contribution in [3.63, 3.8) is 0 Å². The second-order valence-electron chi connectivity index (χ2n) is 5.28. The Morgan fingerprint density at radius 3 is 2.42 bits per heavy atom. The molecule has 0 aliphatic rings. The summed E-state index contributed by atoms with van der Waals surface area (Å²) in [5.41, 5.74) is 9.12. The SMILES string of the molecule is Cc1cc(Oc2ncnc(Nc3ccncc3)c2N)cc(C)c1Cl. The summed E-state index contributed by atoms with van der Waals surface area (Å²) in [6.07, 6.45) is 4.75. The van der Waals surface area contributed by atoms with Crippen molar-refractivity contribution in [2.45, 2.75) is 13.8 Å². The van der Waals surface area contributed by atoms with Crippen LogP contribution in [-0.4, -0.2) is 15.0 Å². The predicted octanol–water partition coefficient (Wildman–Crippen LogP) is 4.26. The molecule has 0 spiro atoms. The Balaban J connectivity index is 1.88. The molecule has 2 aromatic heterocycles. The standard InChI is InChI=1S/C17H16ClN5O/c1-10-7-13(8-11(2)14(10)18)24-17-15(19)16(21-9-22-17)23-12-3-5-20-6-4-12/h3-9H,19H2,1-2H3,(H,20,21,22,23). The summed E-state index contributed by atoms with van der Waals surface area (Å²) in [6, 6.07) is 7.31. The van der Waals surface area contributed by atoms with Crippen LogP contribution in [0.1, 0.15) is 11.1 Å². The van der Waals surface area contributed by atoms with E-state index in [4.69, 9.17) is 22.1 Å². The fourth-order valence-corrected chi connectivity index (χ4v) is 2.32. The Hall–Kier alpha value is -2.86. The number of rotatable bonds is 4. The quantitative estimate of drug-likeness (QED) is 0.737. The van der Waals surface area contributed by atoms with Gasteiger partial charge in [-0.2, -0.15) is 4.98 Å². The van der Waals surface area contributed by atoms with E-state index in [9.17, 15) is 0 Å². The minimum absolute atomic E-state index is 0.280. The average Bonchev–Trinajstić information content (AvgIpc) is 2.57. The molecule has 2 heterocycles. The topological polar surface area (TPSA) is 86.0 Å². The lowest BCUT2D eigenvalue weighted by Crippen LogP contribution is -2.03. The van der Waals surface area contributed by atoms with Gasteiger partial charge >= 0.3 is 0 Å². The molecule has 7 heteroatoms. The van der Waals surface area contributed by atoms with Crippen LogP contribution in [0.5, 0.6) is 11.6 Å². The number of aryl methyl sites for hydroxylation is 2. The molecule has 0 radical (unpaired) electrons. The van der Waals surface area contributed by atoms with E-state index in [1.165, 1.54) is 6.33 Å². The number of anilines is 3. The normalized spacial score (nSPS) is 10.5. The number of aromatic nitrogens is 3. The van der Waals surface area contributed by atoms with Gasteiger partial charge in [0.15, 0.2) is 5.82 Å². The number of hydrogen-bond donors (Lipinski definition) is 2. The van der Waals surface area contributed by atoms with E-state index in [1.54, 1.807) is 12.4 Å². The van der Waals surface area contributed by atoms with Gasteiger partial charge < -0.3 is 15.8 Å². The van der Waals surface area contributed by atoms with Crippen LogP contribution >= 0.6 is 11.6 Å². The van der Waals surface area contributed by atoms with E-state index in [0.29, 0.717) is 17.3 Å². The van der Waals surface area contributed by atoms with Gasteiger partial charge in [0.05, 0.1) is 0 Å². The zero-order valence-corrected chi connectivity index (χ0v) is 14.0. The van der Waals surface area contributed by atoms with Gasteiger partial charge in [0.25, 0.3) is 0 Å². The molecular formula is C17H16ClN5O. The van der Waals surface area contributed by atoms with Gasteiger partial charge in [-0.15, -0.1) is 0 Å². The van der Waals surface area contributed by atoms with Crippen molar-refractivity contribution in [1.29, 1.82) is 0 Å². The Morgan fingerprint density at radius 1 is 1.08 bits per heavy atom. The van der Waals surface area contributed by atoms with Gasteiger partial charge in [0.2, 0.25) is 5.88 Å². The maximum absolute atomic E-state index is 6.18. The molecule has 6 nitrogen and oxygen atoms in total. The summed E-state index contributed by atoms with van der Waals surface area (Å²) < 4.78 is 5.82. The molecule has 24 heavy (non-hydrogen) atoms. The molecule has 0 saturated carbocycles. The lowest BCUT2D eigenvalue weighted by molar-refractivity contribution is 0.464. The molecular weight excluding hydrogens is 326 g/mol. The largest absolute Gasteiger partial charge is 0.437 e. The first-order valence-electron chi connectivity index (χ1n) is 7.26. The number of nitrogens with zero attached hydrogens (tertiary/aromatic N) is 3. The fourth-order valence-electron chi connectivity index (χ4n) is 2.21. The van der Waals surface area contributed by atoms with Crippen LogP contribution in [0.15, 0.2) is 43.0 Å². The molecule has 0 unspecified atom stereocenters. The third-order valence-corrected chi connectivity index (χ3v) is 4.01. The van der Waals surface area contributed by atoms with Crippen LogP contribution in [0, 0.1) is 13.8 Å². The first kappa shape index (κ1) is 16.0. The maximum Gasteiger partial charge on any atom is 0.248 e. The van der Waals surface area contributed by atoms with E-state index in [-0.39, 0.29) is 5.88 Å². The Morgan fingerprint density at radius 2 is 1.75 bits per heavy atom. The van der Waals surface area contributed by atoms with Crippen LogP contribution < -0.4 is 15.8 Å². The van der Waals surface area contributed by atoms with Gasteiger partial charge in [-0.3, -0.25) is 4.98 Å². The summed E-state index contributed by atoms with van der Waals surface area (Å²) in [6.45, 7) is 3.84. The van der Waals surface area contributed by atoms with E-state index in [2.05, 4.69) is 20.3 Å². The third kappa shape index (κ3) is 3.38. The van der Waals surface area contributed by atoms with E-state index >= 15 is 0 Å². The predicted molar refractivity (Wildman–Crippen MR) is 95.0 cm³/mol. The maximum atomic E-state index is 6.18. The monoisotopic (exact) mass is 341 g/mol. The number of nitrogen functional groups attached to an aromatic ring is 1. The minimum atomic E-state index is 0.280. The lowest BCUT2D eigenvalue weighted by atomic mass is 10.1. The molecule has 3 rings (SSSR count). The highest BCUT2D eigenvalue weighted by Crippen LogP contribution is 2.33. The molecule has 0 aliphatic carbocycles. The van der Waals surface area contributed by atoms with Crippen LogP contribution in [0.4, 0.5) is 17.2 Å². The Labute approximate surface area is 144 Å². The highest BCUT2D eigenvalue weighted by atomic mass is 35.5. The third-order valence-electron chi connectivity index (χ3n) is 3.41. The van der Waals surface area contributed by atoms with Crippen molar-refractivity contribution in [2.75, 3.05) is 11.1 Å². The molecule has 122 valence electrons. The van der Waals surface area contributed by atoms with Crippen LogP contribution in [0.3, 0.4) is 0 Å². The molecule has 0 amide bonds.